The van der Waals surface area contributed by atoms with Crippen LogP contribution in [0.5, 0.6) is 0 Å². The quantitative estimate of drug-likeness (QED) is 0.930. The van der Waals surface area contributed by atoms with Crippen molar-refractivity contribution < 1.29 is 14.7 Å². The molecule has 0 bridgehead atoms. The molecule has 1 N–H and O–H groups in total. The highest BCUT2D eigenvalue weighted by atomic mass is 16.4. The van der Waals surface area contributed by atoms with Crippen molar-refractivity contribution in [2.45, 2.75) is 38.1 Å². The number of hydrogen-bond acceptors (Lipinski definition) is 2. The minimum Gasteiger partial charge on any atom is -0.481 e. The van der Waals surface area contributed by atoms with E-state index in [4.69, 9.17) is 5.11 Å². The van der Waals surface area contributed by atoms with Gasteiger partial charge in [0.25, 0.3) is 0 Å². The maximum atomic E-state index is 12.7. The molecule has 0 unspecified atom stereocenters. The summed E-state index contributed by atoms with van der Waals surface area (Å²) in [6.07, 6.45) is 3.89. The summed E-state index contributed by atoms with van der Waals surface area (Å²) in [4.78, 5) is 25.8. The Morgan fingerprint density at radius 3 is 2.43 bits per heavy atom. The number of rotatable bonds is 3. The molecule has 0 aromatic heterocycles. The number of carbonyl (C=O) groups is 2. The van der Waals surface area contributed by atoms with Gasteiger partial charge in [-0.05, 0) is 37.7 Å². The van der Waals surface area contributed by atoms with Gasteiger partial charge in [0.2, 0.25) is 5.91 Å². The van der Waals surface area contributed by atoms with Crippen LogP contribution in [-0.4, -0.2) is 28.4 Å². The maximum Gasteiger partial charge on any atom is 0.306 e. The topological polar surface area (TPSA) is 57.6 Å². The second-order valence-corrected chi connectivity index (χ2v) is 6.15. The van der Waals surface area contributed by atoms with Gasteiger partial charge in [-0.15, -0.1) is 0 Å². The van der Waals surface area contributed by atoms with Crippen LogP contribution in [0.3, 0.4) is 0 Å². The molecule has 112 valence electrons. The van der Waals surface area contributed by atoms with Crippen molar-refractivity contribution in [2.75, 3.05) is 6.54 Å². The van der Waals surface area contributed by atoms with Gasteiger partial charge in [0.15, 0.2) is 0 Å². The van der Waals surface area contributed by atoms with Gasteiger partial charge in [-0.3, -0.25) is 9.59 Å². The lowest BCUT2D eigenvalue weighted by Gasteiger charge is -2.27. The molecule has 1 aliphatic carbocycles. The molecule has 1 aromatic rings. The van der Waals surface area contributed by atoms with Gasteiger partial charge in [-0.1, -0.05) is 30.3 Å². The Morgan fingerprint density at radius 1 is 1.05 bits per heavy atom. The van der Waals surface area contributed by atoms with Gasteiger partial charge in [-0.25, -0.2) is 0 Å². The first-order chi connectivity index (χ1) is 10.2. The third-order valence-corrected chi connectivity index (χ3v) is 4.85. The van der Waals surface area contributed by atoms with Crippen LogP contribution >= 0.6 is 0 Å². The second kappa shape index (κ2) is 5.88. The van der Waals surface area contributed by atoms with Crippen LogP contribution in [0, 0.1) is 11.8 Å². The number of carboxylic acids is 1. The number of nitrogens with zero attached hydrogens (tertiary/aromatic N) is 1. The molecule has 1 heterocycles. The van der Waals surface area contributed by atoms with Crippen molar-refractivity contribution in [3.63, 3.8) is 0 Å². The van der Waals surface area contributed by atoms with Crippen molar-refractivity contribution in [1.82, 2.24) is 4.90 Å². The zero-order valence-electron chi connectivity index (χ0n) is 12.1. The minimum atomic E-state index is -0.758. The third kappa shape index (κ3) is 2.80. The smallest absolute Gasteiger partial charge is 0.306 e. The summed E-state index contributed by atoms with van der Waals surface area (Å²) in [5.74, 6) is -1.04. The van der Waals surface area contributed by atoms with E-state index in [1.165, 1.54) is 5.56 Å². The zero-order chi connectivity index (χ0) is 14.8. The molecule has 21 heavy (non-hydrogen) atoms. The van der Waals surface area contributed by atoms with Crippen LogP contribution in [0.2, 0.25) is 0 Å². The molecule has 3 atom stereocenters. The van der Waals surface area contributed by atoms with E-state index in [9.17, 15) is 9.59 Å². The fourth-order valence-electron chi connectivity index (χ4n) is 3.72. The summed E-state index contributed by atoms with van der Waals surface area (Å²) in [6.45, 7) is 0.798. The Morgan fingerprint density at radius 2 is 1.76 bits per heavy atom. The van der Waals surface area contributed by atoms with E-state index in [1.54, 1.807) is 0 Å². The number of aliphatic carboxylic acids is 1. The predicted octanol–water partition coefficient (Wildman–Crippen LogP) is 2.85. The highest BCUT2D eigenvalue weighted by molar-refractivity contribution is 5.81. The molecular weight excluding hydrogens is 266 g/mol. The van der Waals surface area contributed by atoms with Gasteiger partial charge in [0.1, 0.15) is 0 Å². The van der Waals surface area contributed by atoms with Crippen molar-refractivity contribution in [2.24, 2.45) is 11.8 Å². The van der Waals surface area contributed by atoms with Gasteiger partial charge >= 0.3 is 5.97 Å². The second-order valence-electron chi connectivity index (χ2n) is 6.15. The molecule has 1 saturated carbocycles. The first-order valence-electron chi connectivity index (χ1n) is 7.75. The average molecular weight is 287 g/mol. The molecule has 4 nitrogen and oxygen atoms in total. The van der Waals surface area contributed by atoms with Gasteiger partial charge in [-0.2, -0.15) is 0 Å². The van der Waals surface area contributed by atoms with E-state index in [-0.39, 0.29) is 23.8 Å². The van der Waals surface area contributed by atoms with Crippen molar-refractivity contribution in [1.29, 1.82) is 0 Å². The number of carbonyl (C=O) groups excluding carboxylic acids is 1. The first kappa shape index (κ1) is 14.1. The van der Waals surface area contributed by atoms with Crippen LogP contribution in [0.1, 0.15) is 43.7 Å². The van der Waals surface area contributed by atoms with E-state index >= 15 is 0 Å². The number of benzene rings is 1. The molecule has 0 radical (unpaired) electrons. The molecule has 0 spiro atoms. The molecular formula is C17H21NO3. The zero-order valence-corrected chi connectivity index (χ0v) is 12.1. The lowest BCUT2D eigenvalue weighted by molar-refractivity contribution is -0.141. The van der Waals surface area contributed by atoms with Gasteiger partial charge in [0, 0.05) is 12.5 Å². The normalized spacial score (nSPS) is 28.8. The van der Waals surface area contributed by atoms with E-state index in [0.717, 1.165) is 19.4 Å². The fourth-order valence-corrected chi connectivity index (χ4v) is 3.72. The maximum absolute atomic E-state index is 12.7. The summed E-state index contributed by atoms with van der Waals surface area (Å²) in [5, 5.41) is 9.08. The molecule has 2 aliphatic rings. The van der Waals surface area contributed by atoms with Gasteiger partial charge < -0.3 is 10.0 Å². The Hall–Kier alpha value is -1.84. The molecule has 1 aliphatic heterocycles. The summed E-state index contributed by atoms with van der Waals surface area (Å²) in [7, 11) is 0. The van der Waals surface area contributed by atoms with E-state index < -0.39 is 5.97 Å². The summed E-state index contributed by atoms with van der Waals surface area (Å²) >= 11 is 0. The van der Waals surface area contributed by atoms with Gasteiger partial charge in [0.05, 0.1) is 12.0 Å². The minimum absolute atomic E-state index is 0.101. The van der Waals surface area contributed by atoms with Crippen molar-refractivity contribution >= 4 is 11.9 Å². The summed E-state index contributed by atoms with van der Waals surface area (Å²) in [6, 6.07) is 10.3. The largest absolute Gasteiger partial charge is 0.481 e. The Bertz CT molecular complexity index is 528. The summed E-state index contributed by atoms with van der Waals surface area (Å²) in [5.41, 5.74) is 1.19. The Labute approximate surface area is 124 Å². The monoisotopic (exact) mass is 287 g/mol. The molecule has 4 heteroatoms. The van der Waals surface area contributed by atoms with E-state index in [1.807, 2.05) is 23.1 Å². The predicted molar refractivity (Wildman–Crippen MR) is 78.6 cm³/mol. The van der Waals surface area contributed by atoms with Crippen LogP contribution in [0.15, 0.2) is 30.3 Å². The third-order valence-electron chi connectivity index (χ3n) is 4.85. The highest BCUT2D eigenvalue weighted by Gasteiger charge is 2.39. The summed E-state index contributed by atoms with van der Waals surface area (Å²) < 4.78 is 0. The molecule has 2 fully saturated rings. The Kier molecular flexibility index (Phi) is 3.95. The molecule has 1 aromatic carbocycles. The van der Waals surface area contributed by atoms with Crippen molar-refractivity contribution in [3.05, 3.63) is 35.9 Å². The average Bonchev–Trinajstić information content (AvgIpc) is 3.17. The number of amides is 1. The van der Waals surface area contributed by atoms with E-state index in [0.29, 0.717) is 19.3 Å². The molecule has 3 rings (SSSR count). The SMILES string of the molecule is O=C(O)[C@@H]1CC[C@H](C(=O)N2CCC[C@@H]2c2ccccc2)C1. The van der Waals surface area contributed by atoms with E-state index in [2.05, 4.69) is 12.1 Å². The van der Waals surface area contributed by atoms with Crippen LogP contribution < -0.4 is 0 Å². The van der Waals surface area contributed by atoms with Crippen LogP contribution in [0.4, 0.5) is 0 Å². The lowest BCUT2D eigenvalue weighted by Crippen LogP contribution is -2.35. The Balaban J connectivity index is 1.71. The molecule has 1 amide bonds. The molecule has 1 saturated heterocycles. The lowest BCUT2D eigenvalue weighted by atomic mass is 10.0. The van der Waals surface area contributed by atoms with Crippen LogP contribution in [-0.2, 0) is 9.59 Å². The van der Waals surface area contributed by atoms with Crippen LogP contribution in [0.25, 0.3) is 0 Å². The number of likely N-dealkylation sites (tertiary alicyclic amines) is 1. The van der Waals surface area contributed by atoms with Crippen molar-refractivity contribution in [3.8, 4) is 0 Å². The number of carboxylic acid groups (broad SMARTS) is 1. The fraction of sp³-hybridized carbons (Fsp3) is 0.529. The number of hydrogen-bond donors (Lipinski definition) is 1. The highest BCUT2D eigenvalue weighted by Crippen LogP contribution is 2.38. The standard InChI is InChI=1S/C17H21NO3/c19-16(13-8-9-14(11-13)17(20)21)18-10-4-7-15(18)12-5-2-1-3-6-12/h1-3,5-6,13-15H,4,7-11H2,(H,20,21)/t13-,14+,15+/m0/s1. The first-order valence-corrected chi connectivity index (χ1v) is 7.75.